The smallest absolute Gasteiger partial charge is 0.258 e. The molecule has 0 aliphatic rings. The number of aromatic nitrogens is 2. The van der Waals surface area contributed by atoms with Gasteiger partial charge in [0.05, 0.1) is 24.3 Å². The van der Waals surface area contributed by atoms with Crippen molar-refractivity contribution in [1.29, 1.82) is 0 Å². The zero-order valence-electron chi connectivity index (χ0n) is 10.8. The van der Waals surface area contributed by atoms with Gasteiger partial charge < -0.3 is 14.5 Å². The Balaban J connectivity index is 2.12. The summed E-state index contributed by atoms with van der Waals surface area (Å²) in [6, 6.07) is 12.7. The number of ether oxygens (including phenoxy) is 2. The molecule has 1 heterocycles. The van der Waals surface area contributed by atoms with Crippen LogP contribution in [-0.2, 0) is 0 Å². The van der Waals surface area contributed by atoms with Crippen LogP contribution < -0.4 is 15.0 Å². The van der Waals surface area contributed by atoms with Crippen LogP contribution in [0.2, 0.25) is 0 Å². The average molecular weight is 268 g/mol. The molecule has 0 aliphatic carbocycles. The van der Waals surface area contributed by atoms with Crippen molar-refractivity contribution < 1.29 is 9.47 Å². The monoisotopic (exact) mass is 268 g/mol. The summed E-state index contributed by atoms with van der Waals surface area (Å²) >= 11 is 0. The average Bonchev–Trinajstić information content (AvgIpc) is 2.48. The number of para-hydroxylation sites is 1. The molecule has 0 unspecified atom stereocenters. The fraction of sp³-hybridized carbons (Fsp3) is 0.0667. The number of aromatic amines is 1. The highest BCUT2D eigenvalue weighted by Gasteiger charge is 2.10. The highest BCUT2D eigenvalue weighted by Crippen LogP contribution is 2.33. The molecule has 1 aromatic heterocycles. The number of hydrogen-bond acceptors (Lipinski definition) is 4. The zero-order chi connectivity index (χ0) is 13.9. The van der Waals surface area contributed by atoms with Crippen LogP contribution >= 0.6 is 0 Å². The number of fused-ring (bicyclic) bond motifs is 1. The first-order chi connectivity index (χ1) is 9.78. The van der Waals surface area contributed by atoms with Gasteiger partial charge in [-0.05, 0) is 18.2 Å². The molecule has 0 spiro atoms. The Morgan fingerprint density at radius 3 is 2.65 bits per heavy atom. The quantitative estimate of drug-likeness (QED) is 0.793. The minimum Gasteiger partial charge on any atom is -0.493 e. The summed E-state index contributed by atoms with van der Waals surface area (Å²) in [6.45, 7) is 0. The molecule has 0 saturated heterocycles. The van der Waals surface area contributed by atoms with Crippen molar-refractivity contribution in [2.75, 3.05) is 7.11 Å². The first kappa shape index (κ1) is 12.2. The summed E-state index contributed by atoms with van der Waals surface area (Å²) < 4.78 is 11.0. The van der Waals surface area contributed by atoms with Gasteiger partial charge in [-0.15, -0.1) is 0 Å². The predicted molar refractivity (Wildman–Crippen MR) is 75.4 cm³/mol. The Kier molecular flexibility index (Phi) is 3.09. The van der Waals surface area contributed by atoms with E-state index in [2.05, 4.69) is 9.97 Å². The first-order valence-corrected chi connectivity index (χ1v) is 6.06. The van der Waals surface area contributed by atoms with E-state index in [-0.39, 0.29) is 5.56 Å². The van der Waals surface area contributed by atoms with Crippen LogP contribution in [0.3, 0.4) is 0 Å². The first-order valence-electron chi connectivity index (χ1n) is 6.06. The molecule has 0 saturated carbocycles. The molecule has 0 fully saturated rings. The number of nitrogens with one attached hydrogen (secondary N) is 1. The molecule has 5 nitrogen and oxygen atoms in total. The van der Waals surface area contributed by atoms with Gasteiger partial charge >= 0.3 is 0 Å². The maximum atomic E-state index is 11.7. The third-order valence-electron chi connectivity index (χ3n) is 2.90. The molecule has 3 rings (SSSR count). The summed E-state index contributed by atoms with van der Waals surface area (Å²) in [5.74, 6) is 1.69. The second-order valence-electron chi connectivity index (χ2n) is 4.17. The van der Waals surface area contributed by atoms with Crippen LogP contribution in [0.5, 0.6) is 17.2 Å². The number of H-pyrrole nitrogens is 1. The number of rotatable bonds is 3. The standard InChI is InChI=1S/C15H12N2O3/c1-19-13-7-11-12(16-9-17-15(11)18)8-14(13)20-10-5-3-2-4-6-10/h2-9H,1H3,(H,16,17,18). The van der Waals surface area contributed by atoms with Crippen molar-refractivity contribution in [1.82, 2.24) is 9.97 Å². The van der Waals surface area contributed by atoms with E-state index in [0.717, 1.165) is 0 Å². The molecular weight excluding hydrogens is 256 g/mol. The second-order valence-corrected chi connectivity index (χ2v) is 4.17. The topological polar surface area (TPSA) is 64.2 Å². The molecule has 0 atom stereocenters. The van der Waals surface area contributed by atoms with Gasteiger partial charge in [-0.3, -0.25) is 4.79 Å². The Morgan fingerprint density at radius 1 is 1.10 bits per heavy atom. The van der Waals surface area contributed by atoms with Crippen molar-refractivity contribution in [2.45, 2.75) is 0 Å². The van der Waals surface area contributed by atoms with E-state index in [1.807, 2.05) is 30.3 Å². The Bertz CT molecular complexity index is 797. The van der Waals surface area contributed by atoms with E-state index in [1.165, 1.54) is 13.4 Å². The van der Waals surface area contributed by atoms with Crippen LogP contribution in [0.25, 0.3) is 10.9 Å². The lowest BCUT2D eigenvalue weighted by molar-refractivity contribution is 0.379. The fourth-order valence-corrected chi connectivity index (χ4v) is 1.93. The van der Waals surface area contributed by atoms with Gasteiger partial charge in [0.1, 0.15) is 5.75 Å². The van der Waals surface area contributed by atoms with Gasteiger partial charge in [0.15, 0.2) is 11.5 Å². The molecule has 100 valence electrons. The predicted octanol–water partition coefficient (Wildman–Crippen LogP) is 2.72. The Labute approximate surface area is 114 Å². The highest BCUT2D eigenvalue weighted by atomic mass is 16.5. The molecule has 3 aromatic rings. The van der Waals surface area contributed by atoms with Crippen molar-refractivity contribution in [2.24, 2.45) is 0 Å². The molecule has 1 N–H and O–H groups in total. The Morgan fingerprint density at radius 2 is 1.90 bits per heavy atom. The second kappa shape index (κ2) is 5.05. The molecule has 0 aliphatic heterocycles. The van der Waals surface area contributed by atoms with Crippen molar-refractivity contribution in [3.63, 3.8) is 0 Å². The molecule has 0 amide bonds. The van der Waals surface area contributed by atoms with E-state index < -0.39 is 0 Å². The van der Waals surface area contributed by atoms with Crippen LogP contribution in [0.1, 0.15) is 0 Å². The normalized spacial score (nSPS) is 10.4. The van der Waals surface area contributed by atoms with E-state index in [9.17, 15) is 4.79 Å². The summed E-state index contributed by atoms with van der Waals surface area (Å²) in [5.41, 5.74) is 0.347. The van der Waals surface area contributed by atoms with E-state index in [1.54, 1.807) is 12.1 Å². The van der Waals surface area contributed by atoms with Crippen LogP contribution in [-0.4, -0.2) is 17.1 Å². The summed E-state index contributed by atoms with van der Waals surface area (Å²) in [7, 11) is 1.53. The summed E-state index contributed by atoms with van der Waals surface area (Å²) in [6.07, 6.45) is 1.36. The van der Waals surface area contributed by atoms with Crippen molar-refractivity contribution in [3.05, 3.63) is 59.1 Å². The van der Waals surface area contributed by atoms with Crippen LogP contribution in [0, 0.1) is 0 Å². The van der Waals surface area contributed by atoms with Gasteiger partial charge in [0.25, 0.3) is 5.56 Å². The number of hydrogen-bond donors (Lipinski definition) is 1. The molecule has 0 bridgehead atoms. The lowest BCUT2D eigenvalue weighted by Crippen LogP contribution is -2.06. The largest absolute Gasteiger partial charge is 0.493 e. The molecule has 5 heteroatoms. The third-order valence-corrected chi connectivity index (χ3v) is 2.90. The number of benzene rings is 2. The van der Waals surface area contributed by atoms with Crippen molar-refractivity contribution in [3.8, 4) is 17.2 Å². The lowest BCUT2D eigenvalue weighted by Gasteiger charge is -2.11. The van der Waals surface area contributed by atoms with E-state index >= 15 is 0 Å². The van der Waals surface area contributed by atoms with Crippen LogP contribution in [0.15, 0.2) is 53.6 Å². The molecule has 0 radical (unpaired) electrons. The van der Waals surface area contributed by atoms with Crippen molar-refractivity contribution >= 4 is 10.9 Å². The van der Waals surface area contributed by atoms with Crippen LogP contribution in [0.4, 0.5) is 0 Å². The van der Waals surface area contributed by atoms with E-state index in [0.29, 0.717) is 28.2 Å². The maximum Gasteiger partial charge on any atom is 0.258 e. The number of nitrogens with zero attached hydrogens (tertiary/aromatic N) is 1. The van der Waals surface area contributed by atoms with Gasteiger partial charge in [-0.1, -0.05) is 18.2 Å². The number of methoxy groups -OCH3 is 1. The van der Waals surface area contributed by atoms with E-state index in [4.69, 9.17) is 9.47 Å². The minimum absolute atomic E-state index is 0.209. The minimum atomic E-state index is -0.209. The Hall–Kier alpha value is -2.82. The highest BCUT2D eigenvalue weighted by molar-refractivity contribution is 5.81. The van der Waals surface area contributed by atoms with Gasteiger partial charge in [0, 0.05) is 6.07 Å². The van der Waals surface area contributed by atoms with Gasteiger partial charge in [0.2, 0.25) is 0 Å². The third kappa shape index (κ3) is 2.21. The lowest BCUT2D eigenvalue weighted by atomic mass is 10.2. The van der Waals surface area contributed by atoms with Gasteiger partial charge in [-0.2, -0.15) is 0 Å². The van der Waals surface area contributed by atoms with Gasteiger partial charge in [-0.25, -0.2) is 4.98 Å². The summed E-state index contributed by atoms with van der Waals surface area (Å²) in [4.78, 5) is 18.4. The molecule has 20 heavy (non-hydrogen) atoms. The molecular formula is C15H12N2O3. The molecule has 2 aromatic carbocycles. The SMILES string of the molecule is COc1cc2c(=O)[nH]cnc2cc1Oc1ccccc1. The zero-order valence-corrected chi connectivity index (χ0v) is 10.8. The fourth-order valence-electron chi connectivity index (χ4n) is 1.93. The maximum absolute atomic E-state index is 11.7. The summed E-state index contributed by atoms with van der Waals surface area (Å²) in [5, 5.41) is 0.463.